The molecule has 0 radical (unpaired) electrons. The Morgan fingerprint density at radius 1 is 1.14 bits per heavy atom. The number of carbonyl (C=O) groups excluding carboxylic acids is 2. The first-order valence-corrected chi connectivity index (χ1v) is 10.1. The summed E-state index contributed by atoms with van der Waals surface area (Å²) in [6.45, 7) is 7.89. The number of hydrogen-bond donors (Lipinski definition) is 1. The number of nitrogens with zero attached hydrogens (tertiary/aromatic N) is 1. The van der Waals surface area contributed by atoms with Gasteiger partial charge in [0.15, 0.2) is 0 Å². The van der Waals surface area contributed by atoms with Crippen LogP contribution in [0, 0.1) is 13.8 Å². The van der Waals surface area contributed by atoms with Gasteiger partial charge in [0.25, 0.3) is 11.8 Å². The van der Waals surface area contributed by atoms with Gasteiger partial charge in [-0.15, -0.1) is 0 Å². The Balaban J connectivity index is 2.01. The number of rotatable bonds is 5. The number of carbonyl (C=O) groups is 2. The van der Waals surface area contributed by atoms with E-state index in [1.165, 1.54) is 11.1 Å². The van der Waals surface area contributed by atoms with Gasteiger partial charge in [0.05, 0.1) is 10.2 Å². The Morgan fingerprint density at radius 3 is 2.57 bits per heavy atom. The monoisotopic (exact) mass is 504 g/mol. The van der Waals surface area contributed by atoms with Gasteiger partial charge in [0, 0.05) is 10.0 Å². The number of ether oxygens (including phenoxy) is 1. The predicted molar refractivity (Wildman–Crippen MR) is 117 cm³/mol. The van der Waals surface area contributed by atoms with Crippen molar-refractivity contribution in [2.45, 2.75) is 13.8 Å². The van der Waals surface area contributed by atoms with Crippen LogP contribution in [0.15, 0.2) is 57.5 Å². The molecule has 7 heteroatoms. The van der Waals surface area contributed by atoms with Crippen molar-refractivity contribution in [3.05, 3.63) is 74.2 Å². The third-order valence-corrected chi connectivity index (χ3v) is 5.37. The highest BCUT2D eigenvalue weighted by atomic mass is 79.9. The van der Waals surface area contributed by atoms with E-state index < -0.39 is 11.8 Å². The molecule has 0 aliphatic carbocycles. The summed E-state index contributed by atoms with van der Waals surface area (Å²) in [5.41, 5.74) is 6.02. The summed E-state index contributed by atoms with van der Waals surface area (Å²) in [5.74, 6) is -0.353. The molecule has 2 aromatic carbocycles. The molecule has 5 nitrogen and oxygen atoms in total. The number of hydrogen-bond acceptors (Lipinski definition) is 3. The fraction of sp³-hybridized carbons (Fsp3) is 0.143. The van der Waals surface area contributed by atoms with Gasteiger partial charge in [0.2, 0.25) is 0 Å². The Hall–Kier alpha value is -2.38. The van der Waals surface area contributed by atoms with E-state index >= 15 is 0 Å². The fourth-order valence-corrected chi connectivity index (χ4v) is 4.11. The van der Waals surface area contributed by atoms with Crippen LogP contribution in [0.3, 0.4) is 0 Å². The summed E-state index contributed by atoms with van der Waals surface area (Å²) in [4.78, 5) is 25.4. The van der Waals surface area contributed by atoms with Crippen molar-refractivity contribution < 1.29 is 14.3 Å². The maximum Gasteiger partial charge on any atom is 0.282 e. The SMILES string of the molecule is C=CCOc1c(Br)cc(Br)cc1/C=C1\C(=O)NN(c2ccc(C)c(C)c2)C1=O. The lowest BCUT2D eigenvalue weighted by Crippen LogP contribution is -2.35. The molecule has 1 aliphatic heterocycles. The highest BCUT2D eigenvalue weighted by molar-refractivity contribution is 9.11. The van der Waals surface area contributed by atoms with Crippen LogP contribution in [-0.4, -0.2) is 18.4 Å². The van der Waals surface area contributed by atoms with Crippen molar-refractivity contribution in [2.24, 2.45) is 0 Å². The summed E-state index contributed by atoms with van der Waals surface area (Å²) < 4.78 is 7.19. The predicted octanol–water partition coefficient (Wildman–Crippen LogP) is 4.85. The van der Waals surface area contributed by atoms with Crippen molar-refractivity contribution >= 4 is 55.4 Å². The summed E-state index contributed by atoms with van der Waals surface area (Å²) >= 11 is 6.88. The molecule has 0 bridgehead atoms. The molecule has 1 saturated heterocycles. The minimum Gasteiger partial charge on any atom is -0.488 e. The summed E-state index contributed by atoms with van der Waals surface area (Å²) in [6, 6.07) is 9.20. The Bertz CT molecular complexity index is 1010. The number of anilines is 1. The first-order chi connectivity index (χ1) is 13.3. The van der Waals surface area contributed by atoms with Crippen molar-refractivity contribution in [1.82, 2.24) is 5.43 Å². The Kier molecular flexibility index (Phi) is 6.05. The number of hydrazine groups is 1. The second kappa shape index (κ2) is 8.32. The van der Waals surface area contributed by atoms with E-state index in [0.717, 1.165) is 15.6 Å². The fourth-order valence-electron chi connectivity index (χ4n) is 2.74. The van der Waals surface area contributed by atoms with Crippen LogP contribution in [0.2, 0.25) is 0 Å². The molecule has 2 amide bonds. The second-order valence-electron chi connectivity index (χ2n) is 6.31. The summed E-state index contributed by atoms with van der Waals surface area (Å²) in [5, 5.41) is 1.26. The molecule has 144 valence electrons. The van der Waals surface area contributed by atoms with Gasteiger partial charge in [-0.05, 0) is 71.2 Å². The van der Waals surface area contributed by atoms with Gasteiger partial charge in [-0.25, -0.2) is 5.01 Å². The van der Waals surface area contributed by atoms with Crippen LogP contribution in [0.4, 0.5) is 5.69 Å². The molecule has 2 aromatic rings. The van der Waals surface area contributed by atoms with E-state index in [-0.39, 0.29) is 5.57 Å². The van der Waals surface area contributed by atoms with E-state index in [9.17, 15) is 9.59 Å². The number of amides is 2. The molecule has 0 spiro atoms. The van der Waals surface area contributed by atoms with Crippen LogP contribution >= 0.6 is 31.9 Å². The lowest BCUT2D eigenvalue weighted by atomic mass is 10.1. The van der Waals surface area contributed by atoms with Gasteiger partial charge in [-0.1, -0.05) is 34.7 Å². The molecular weight excluding hydrogens is 488 g/mol. The van der Waals surface area contributed by atoms with Gasteiger partial charge in [0.1, 0.15) is 17.9 Å². The normalized spacial score (nSPS) is 15.1. The first-order valence-electron chi connectivity index (χ1n) is 8.49. The van der Waals surface area contributed by atoms with Crippen LogP contribution in [0.25, 0.3) is 6.08 Å². The zero-order valence-corrected chi connectivity index (χ0v) is 18.6. The lowest BCUT2D eigenvalue weighted by Gasteiger charge is -2.16. The standard InChI is InChI=1S/C21H18Br2N2O3/c1-4-7-28-19-14(9-15(22)11-18(19)23)10-17-20(26)24-25(21(17)27)16-6-5-12(2)13(3)8-16/h4-6,8-11H,1,7H2,2-3H3,(H,24,26)/b17-10+. The van der Waals surface area contributed by atoms with Gasteiger partial charge < -0.3 is 4.74 Å². The maximum atomic E-state index is 12.9. The van der Waals surface area contributed by atoms with Crippen LogP contribution in [0.5, 0.6) is 5.75 Å². The molecule has 0 aromatic heterocycles. The lowest BCUT2D eigenvalue weighted by molar-refractivity contribution is -0.117. The number of benzene rings is 2. The smallest absolute Gasteiger partial charge is 0.282 e. The van der Waals surface area contributed by atoms with Gasteiger partial charge >= 0.3 is 0 Å². The third kappa shape index (κ3) is 4.05. The van der Waals surface area contributed by atoms with Crippen molar-refractivity contribution in [3.8, 4) is 5.75 Å². The summed E-state index contributed by atoms with van der Waals surface area (Å²) in [6.07, 6.45) is 3.16. The highest BCUT2D eigenvalue weighted by Gasteiger charge is 2.35. The Morgan fingerprint density at radius 2 is 1.89 bits per heavy atom. The number of aryl methyl sites for hydroxylation is 2. The van der Waals surface area contributed by atoms with E-state index in [1.807, 2.05) is 32.0 Å². The molecule has 1 heterocycles. The minimum atomic E-state index is -0.464. The molecule has 0 atom stereocenters. The van der Waals surface area contributed by atoms with E-state index in [2.05, 4.69) is 43.9 Å². The topological polar surface area (TPSA) is 58.6 Å². The quantitative estimate of drug-likeness (QED) is 0.359. The van der Waals surface area contributed by atoms with Gasteiger partial charge in [-0.2, -0.15) is 0 Å². The van der Waals surface area contributed by atoms with Crippen molar-refractivity contribution in [3.63, 3.8) is 0 Å². The summed E-state index contributed by atoms with van der Waals surface area (Å²) in [7, 11) is 0. The average molecular weight is 506 g/mol. The molecule has 0 unspecified atom stereocenters. The zero-order valence-electron chi connectivity index (χ0n) is 15.4. The molecular formula is C21H18Br2N2O3. The minimum absolute atomic E-state index is 0.0340. The maximum absolute atomic E-state index is 12.9. The second-order valence-corrected chi connectivity index (χ2v) is 8.08. The number of nitrogens with one attached hydrogen (secondary N) is 1. The molecule has 3 rings (SSSR count). The largest absolute Gasteiger partial charge is 0.488 e. The first kappa shape index (κ1) is 20.4. The molecule has 1 N–H and O–H groups in total. The van der Waals surface area contributed by atoms with Crippen molar-refractivity contribution in [2.75, 3.05) is 11.6 Å². The molecule has 1 aliphatic rings. The van der Waals surface area contributed by atoms with Crippen LogP contribution in [-0.2, 0) is 9.59 Å². The molecule has 0 saturated carbocycles. The average Bonchev–Trinajstić information content (AvgIpc) is 2.91. The molecule has 1 fully saturated rings. The van der Waals surface area contributed by atoms with E-state index in [0.29, 0.717) is 28.1 Å². The molecule has 28 heavy (non-hydrogen) atoms. The van der Waals surface area contributed by atoms with E-state index in [4.69, 9.17) is 4.74 Å². The zero-order chi connectivity index (χ0) is 20.4. The van der Waals surface area contributed by atoms with Gasteiger partial charge in [-0.3, -0.25) is 15.0 Å². The van der Waals surface area contributed by atoms with Crippen molar-refractivity contribution in [1.29, 1.82) is 0 Å². The highest BCUT2D eigenvalue weighted by Crippen LogP contribution is 2.35. The number of halogens is 2. The van der Waals surface area contributed by atoms with Crippen LogP contribution in [0.1, 0.15) is 16.7 Å². The third-order valence-electron chi connectivity index (χ3n) is 4.32. The van der Waals surface area contributed by atoms with Crippen LogP contribution < -0.4 is 15.2 Å². The van der Waals surface area contributed by atoms with E-state index in [1.54, 1.807) is 18.2 Å². The Labute approximate surface area is 180 Å².